The van der Waals surface area contributed by atoms with E-state index >= 15 is 0 Å². The van der Waals surface area contributed by atoms with Crippen molar-refractivity contribution in [2.75, 3.05) is 18.6 Å². The van der Waals surface area contributed by atoms with E-state index < -0.39 is 0 Å². The Morgan fingerprint density at radius 2 is 2.00 bits per heavy atom. The van der Waals surface area contributed by atoms with Crippen LogP contribution in [0, 0.1) is 0 Å². The molecule has 0 unspecified atom stereocenters. The lowest BCUT2D eigenvalue weighted by Gasteiger charge is -2.16. The average Bonchev–Trinajstić information content (AvgIpc) is 3.14. The summed E-state index contributed by atoms with van der Waals surface area (Å²) in [5.41, 5.74) is 2.51. The summed E-state index contributed by atoms with van der Waals surface area (Å²) < 4.78 is 5.58. The Balaban J connectivity index is 1.74. The molecule has 1 amide bonds. The van der Waals surface area contributed by atoms with Crippen LogP contribution in [0.3, 0.4) is 0 Å². The number of aromatic nitrogens is 2. The summed E-state index contributed by atoms with van der Waals surface area (Å²) in [7, 11) is 0. The summed E-state index contributed by atoms with van der Waals surface area (Å²) in [5.74, 6) is 2.40. The van der Waals surface area contributed by atoms with Crippen molar-refractivity contribution in [2.24, 2.45) is 0 Å². The minimum Gasteiger partial charge on any atom is -0.494 e. The first kappa shape index (κ1) is 19.3. The minimum atomic E-state index is -0.159. The number of para-hydroxylation sites is 2. The molecule has 2 aromatic carbocycles. The van der Waals surface area contributed by atoms with Gasteiger partial charge in [-0.25, -0.2) is 4.98 Å². The maximum Gasteiger partial charge on any atom is 0.251 e. The number of carbonyl (C=O) groups is 1. The lowest BCUT2D eigenvalue weighted by Crippen LogP contribution is -2.29. The first-order chi connectivity index (χ1) is 13.2. The lowest BCUT2D eigenvalue weighted by atomic mass is 10.1. The summed E-state index contributed by atoms with van der Waals surface area (Å²) in [4.78, 5) is 20.7. The van der Waals surface area contributed by atoms with Crippen LogP contribution in [0.25, 0.3) is 11.0 Å². The van der Waals surface area contributed by atoms with Gasteiger partial charge in [0, 0.05) is 5.56 Å². The summed E-state index contributed by atoms with van der Waals surface area (Å²) in [6.45, 7) is 2.74. The van der Waals surface area contributed by atoms with E-state index in [9.17, 15) is 4.79 Å². The SMILES string of the molecule is CCCOc1ccc(C(=O)N[C@@H](CCSC)c2nc3ccccc3[nH]2)cc1. The Bertz CT molecular complexity index is 844. The van der Waals surface area contributed by atoms with Crippen molar-refractivity contribution in [1.82, 2.24) is 15.3 Å². The standard InChI is InChI=1S/C21H25N3O2S/c1-3-13-26-16-10-8-15(9-11-16)21(25)24-19(12-14-27-2)20-22-17-6-4-5-7-18(17)23-20/h4-11,19H,3,12-14H2,1-2H3,(H,22,23)(H,24,25)/t19-/m0/s1. The number of H-pyrrole nitrogens is 1. The van der Waals surface area contributed by atoms with E-state index in [1.54, 1.807) is 23.9 Å². The van der Waals surface area contributed by atoms with E-state index in [1.807, 2.05) is 36.4 Å². The number of nitrogens with one attached hydrogen (secondary N) is 2. The van der Waals surface area contributed by atoms with Gasteiger partial charge in [-0.15, -0.1) is 0 Å². The molecule has 1 aromatic heterocycles. The number of imidazole rings is 1. The van der Waals surface area contributed by atoms with Crippen LogP contribution in [-0.4, -0.2) is 34.5 Å². The third-order valence-corrected chi connectivity index (χ3v) is 4.89. The number of nitrogens with zero attached hydrogens (tertiary/aromatic N) is 1. The van der Waals surface area contributed by atoms with Crippen LogP contribution in [0.1, 0.15) is 42.0 Å². The van der Waals surface area contributed by atoms with Gasteiger partial charge in [0.1, 0.15) is 11.6 Å². The fraction of sp³-hybridized carbons (Fsp3) is 0.333. The molecule has 0 spiro atoms. The maximum absolute atomic E-state index is 12.7. The zero-order valence-corrected chi connectivity index (χ0v) is 16.5. The van der Waals surface area contributed by atoms with Crippen molar-refractivity contribution < 1.29 is 9.53 Å². The lowest BCUT2D eigenvalue weighted by molar-refractivity contribution is 0.0934. The van der Waals surface area contributed by atoms with Crippen LogP contribution in [0.4, 0.5) is 0 Å². The largest absolute Gasteiger partial charge is 0.494 e. The molecule has 0 fully saturated rings. The van der Waals surface area contributed by atoms with E-state index in [2.05, 4.69) is 28.5 Å². The van der Waals surface area contributed by atoms with Gasteiger partial charge in [0.2, 0.25) is 0 Å². The van der Waals surface area contributed by atoms with Crippen LogP contribution in [0.15, 0.2) is 48.5 Å². The normalized spacial score (nSPS) is 12.1. The van der Waals surface area contributed by atoms with Gasteiger partial charge in [-0.2, -0.15) is 11.8 Å². The minimum absolute atomic E-state index is 0.108. The zero-order valence-electron chi connectivity index (χ0n) is 15.7. The van der Waals surface area contributed by atoms with Gasteiger partial charge in [-0.1, -0.05) is 19.1 Å². The monoisotopic (exact) mass is 383 g/mol. The molecule has 0 bridgehead atoms. The molecule has 27 heavy (non-hydrogen) atoms. The first-order valence-electron chi connectivity index (χ1n) is 9.18. The van der Waals surface area contributed by atoms with Crippen molar-refractivity contribution in [1.29, 1.82) is 0 Å². The van der Waals surface area contributed by atoms with Gasteiger partial charge in [0.05, 0.1) is 23.7 Å². The van der Waals surface area contributed by atoms with Crippen LogP contribution in [0.2, 0.25) is 0 Å². The van der Waals surface area contributed by atoms with Gasteiger partial charge in [-0.05, 0) is 61.2 Å². The van der Waals surface area contributed by atoms with E-state index in [0.717, 1.165) is 41.2 Å². The van der Waals surface area contributed by atoms with Gasteiger partial charge in [0.25, 0.3) is 5.91 Å². The highest BCUT2D eigenvalue weighted by Crippen LogP contribution is 2.21. The molecule has 0 radical (unpaired) electrons. The fourth-order valence-corrected chi connectivity index (χ4v) is 3.29. The van der Waals surface area contributed by atoms with Crippen LogP contribution in [-0.2, 0) is 0 Å². The summed E-state index contributed by atoms with van der Waals surface area (Å²) in [5, 5.41) is 3.12. The molecule has 1 atom stereocenters. The highest BCUT2D eigenvalue weighted by molar-refractivity contribution is 7.98. The van der Waals surface area contributed by atoms with Crippen molar-refractivity contribution >= 4 is 28.7 Å². The Morgan fingerprint density at radius 1 is 1.22 bits per heavy atom. The van der Waals surface area contributed by atoms with Gasteiger partial charge < -0.3 is 15.0 Å². The summed E-state index contributed by atoms with van der Waals surface area (Å²) in [6, 6.07) is 15.0. The highest BCUT2D eigenvalue weighted by atomic mass is 32.2. The molecule has 1 heterocycles. The van der Waals surface area contributed by atoms with Crippen LogP contribution < -0.4 is 10.1 Å². The Kier molecular flexibility index (Phi) is 6.76. The quantitative estimate of drug-likeness (QED) is 0.568. The number of carbonyl (C=O) groups excluding carboxylic acids is 1. The van der Waals surface area contributed by atoms with Crippen molar-refractivity contribution in [3.63, 3.8) is 0 Å². The summed E-state index contributed by atoms with van der Waals surface area (Å²) in [6.07, 6.45) is 3.83. The molecule has 0 aliphatic rings. The van der Waals surface area contributed by atoms with Crippen LogP contribution >= 0.6 is 11.8 Å². The van der Waals surface area contributed by atoms with Gasteiger partial charge in [-0.3, -0.25) is 4.79 Å². The van der Waals surface area contributed by atoms with Crippen molar-refractivity contribution in [2.45, 2.75) is 25.8 Å². The Morgan fingerprint density at radius 3 is 2.70 bits per heavy atom. The molecular formula is C21H25N3O2S. The highest BCUT2D eigenvalue weighted by Gasteiger charge is 2.19. The molecule has 3 aromatic rings. The number of rotatable bonds is 9. The second kappa shape index (κ2) is 9.46. The maximum atomic E-state index is 12.7. The topological polar surface area (TPSA) is 67.0 Å². The zero-order chi connectivity index (χ0) is 19.1. The molecule has 3 rings (SSSR count). The van der Waals surface area contributed by atoms with Gasteiger partial charge in [0.15, 0.2) is 0 Å². The molecule has 0 aliphatic carbocycles. The second-order valence-electron chi connectivity index (χ2n) is 6.32. The third-order valence-electron chi connectivity index (χ3n) is 4.24. The molecule has 0 saturated carbocycles. The second-order valence-corrected chi connectivity index (χ2v) is 7.31. The van der Waals surface area contributed by atoms with Crippen molar-refractivity contribution in [3.05, 3.63) is 59.9 Å². The molecule has 2 N–H and O–H groups in total. The number of hydrogen-bond acceptors (Lipinski definition) is 4. The van der Waals surface area contributed by atoms with E-state index in [4.69, 9.17) is 4.74 Å². The van der Waals surface area contributed by atoms with Crippen LogP contribution in [0.5, 0.6) is 5.75 Å². The fourth-order valence-electron chi connectivity index (χ4n) is 2.81. The third kappa shape index (κ3) is 5.04. The van der Waals surface area contributed by atoms with Gasteiger partial charge >= 0.3 is 0 Å². The number of ether oxygens (including phenoxy) is 1. The Hall–Kier alpha value is -2.47. The molecular weight excluding hydrogens is 358 g/mol. The number of fused-ring (bicyclic) bond motifs is 1. The molecule has 5 nitrogen and oxygen atoms in total. The number of amides is 1. The number of aromatic amines is 1. The van der Waals surface area contributed by atoms with E-state index in [1.165, 1.54) is 0 Å². The average molecular weight is 384 g/mol. The Labute approximate surface area is 163 Å². The van der Waals surface area contributed by atoms with E-state index in [0.29, 0.717) is 12.2 Å². The first-order valence-corrected chi connectivity index (χ1v) is 10.6. The smallest absolute Gasteiger partial charge is 0.251 e. The molecule has 6 heteroatoms. The van der Waals surface area contributed by atoms with E-state index in [-0.39, 0.29) is 11.9 Å². The number of thioether (sulfide) groups is 1. The number of benzene rings is 2. The summed E-state index contributed by atoms with van der Waals surface area (Å²) >= 11 is 1.75. The predicted octanol–water partition coefficient (Wildman–Crippen LogP) is 4.58. The molecule has 0 aliphatic heterocycles. The molecule has 142 valence electrons. The number of hydrogen-bond donors (Lipinski definition) is 2. The van der Waals surface area contributed by atoms with Crippen molar-refractivity contribution in [3.8, 4) is 5.75 Å². The molecule has 0 saturated heterocycles. The predicted molar refractivity (Wildman–Crippen MR) is 112 cm³/mol.